The average Bonchev–Trinajstić information content (AvgIpc) is 3.22. The molecule has 7 aromatic carbocycles. The summed E-state index contributed by atoms with van der Waals surface area (Å²) < 4.78 is 0. The van der Waals surface area contributed by atoms with Crippen molar-refractivity contribution in [1.29, 1.82) is 0 Å². The monoisotopic (exact) mass is 700 g/mol. The summed E-state index contributed by atoms with van der Waals surface area (Å²) >= 11 is 0. The lowest BCUT2D eigenvalue weighted by molar-refractivity contribution is 1.10. The van der Waals surface area contributed by atoms with Crippen LogP contribution in [0.3, 0.4) is 0 Å². The van der Waals surface area contributed by atoms with E-state index in [1.54, 1.807) is 0 Å². The highest BCUT2D eigenvalue weighted by Crippen LogP contribution is 2.40. The molecule has 7 rings (SSSR count). The van der Waals surface area contributed by atoms with E-state index in [0.717, 1.165) is 35.6 Å². The fourth-order valence-electron chi connectivity index (χ4n) is 7.19. The lowest BCUT2D eigenvalue weighted by Gasteiger charge is -2.29. The zero-order valence-corrected chi connectivity index (χ0v) is 31.8. The van der Waals surface area contributed by atoms with Crippen LogP contribution in [0.4, 0.5) is 34.1 Å². The van der Waals surface area contributed by atoms with Crippen LogP contribution in [0.5, 0.6) is 0 Å². The van der Waals surface area contributed by atoms with Crippen LogP contribution < -0.4 is 9.80 Å². The van der Waals surface area contributed by atoms with Gasteiger partial charge in [0.1, 0.15) is 0 Å². The fraction of sp³-hybridized carbons (Fsp3) is 0.115. The van der Waals surface area contributed by atoms with Gasteiger partial charge in [-0.1, -0.05) is 159 Å². The summed E-state index contributed by atoms with van der Waals surface area (Å²) in [5, 5.41) is 0. The van der Waals surface area contributed by atoms with Crippen LogP contribution in [0, 0.1) is 13.8 Å². The number of hydrogen-bond acceptors (Lipinski definition) is 2. The van der Waals surface area contributed by atoms with Crippen molar-refractivity contribution in [2.24, 2.45) is 0 Å². The molecule has 0 radical (unpaired) electrons. The molecule has 2 heteroatoms. The minimum Gasteiger partial charge on any atom is -0.310 e. The van der Waals surface area contributed by atoms with Gasteiger partial charge < -0.3 is 9.80 Å². The molecule has 0 saturated carbocycles. The van der Waals surface area contributed by atoms with Crippen molar-refractivity contribution in [3.8, 4) is 0 Å². The van der Waals surface area contributed by atoms with E-state index in [0.29, 0.717) is 0 Å². The van der Waals surface area contributed by atoms with E-state index in [9.17, 15) is 0 Å². The number of hydrogen-bond donors (Lipinski definition) is 0. The Bertz CT molecular complexity index is 2170. The van der Waals surface area contributed by atoms with Crippen molar-refractivity contribution < 1.29 is 0 Å². The Balaban J connectivity index is 1.05. The Kier molecular flexibility index (Phi) is 11.3. The quantitative estimate of drug-likeness (QED) is 0.117. The van der Waals surface area contributed by atoms with Crippen LogP contribution in [0.1, 0.15) is 58.4 Å². The molecule has 0 amide bonds. The van der Waals surface area contributed by atoms with E-state index in [4.69, 9.17) is 0 Å². The second-order valence-electron chi connectivity index (χ2n) is 13.7. The molecule has 0 spiro atoms. The highest BCUT2D eigenvalue weighted by Gasteiger charge is 2.18. The Morgan fingerprint density at radius 3 is 0.944 bits per heavy atom. The van der Waals surface area contributed by atoms with Crippen LogP contribution in [-0.2, 0) is 12.8 Å². The van der Waals surface area contributed by atoms with E-state index < -0.39 is 0 Å². The molecule has 0 heterocycles. The summed E-state index contributed by atoms with van der Waals surface area (Å²) in [4.78, 5) is 4.77. The second kappa shape index (κ2) is 17.0. The predicted octanol–water partition coefficient (Wildman–Crippen LogP) is 14.7. The van der Waals surface area contributed by atoms with Gasteiger partial charge in [-0.3, -0.25) is 0 Å². The van der Waals surface area contributed by atoms with Crippen molar-refractivity contribution in [3.63, 3.8) is 0 Å². The largest absolute Gasteiger partial charge is 0.310 e. The summed E-state index contributed by atoms with van der Waals surface area (Å²) in [6.07, 6.45) is 10.7. The first-order valence-electron chi connectivity index (χ1n) is 19.1. The normalized spacial score (nSPS) is 11.3. The minimum atomic E-state index is 0.978. The maximum atomic E-state index is 2.38. The average molecular weight is 701 g/mol. The molecule has 0 bridgehead atoms. The zero-order chi connectivity index (χ0) is 37.3. The third-order valence-corrected chi connectivity index (χ3v) is 10.1. The van der Waals surface area contributed by atoms with Gasteiger partial charge >= 0.3 is 0 Å². The van der Waals surface area contributed by atoms with Gasteiger partial charge in [-0.25, -0.2) is 0 Å². The van der Waals surface area contributed by atoms with E-state index in [2.05, 4.69) is 232 Å². The van der Waals surface area contributed by atoms with Gasteiger partial charge in [0.05, 0.1) is 11.4 Å². The van der Waals surface area contributed by atoms with Crippen molar-refractivity contribution in [2.45, 2.75) is 40.5 Å². The summed E-state index contributed by atoms with van der Waals surface area (Å²) in [5.74, 6) is 0. The lowest BCUT2D eigenvalue weighted by atomic mass is 10.0. The highest BCUT2D eigenvalue weighted by atomic mass is 15.2. The van der Waals surface area contributed by atoms with Gasteiger partial charge in [-0.05, 0) is 120 Å². The summed E-state index contributed by atoms with van der Waals surface area (Å²) in [7, 11) is 0. The minimum absolute atomic E-state index is 0.978. The maximum Gasteiger partial charge on any atom is 0.0522 e. The number of para-hydroxylation sites is 4. The number of anilines is 6. The van der Waals surface area contributed by atoms with E-state index in [1.165, 1.54) is 55.9 Å². The van der Waals surface area contributed by atoms with Gasteiger partial charge in [0.15, 0.2) is 0 Å². The first-order valence-corrected chi connectivity index (χ1v) is 19.1. The second-order valence-corrected chi connectivity index (χ2v) is 13.7. The molecule has 266 valence electrons. The van der Waals surface area contributed by atoms with Crippen LogP contribution in [0.15, 0.2) is 170 Å². The van der Waals surface area contributed by atoms with Crippen LogP contribution in [0.25, 0.3) is 24.3 Å². The van der Waals surface area contributed by atoms with Crippen LogP contribution in [-0.4, -0.2) is 0 Å². The molecule has 0 saturated heterocycles. The van der Waals surface area contributed by atoms with Gasteiger partial charge in [-0.15, -0.1) is 0 Å². The van der Waals surface area contributed by atoms with E-state index in [-0.39, 0.29) is 0 Å². The molecule has 0 aliphatic heterocycles. The van der Waals surface area contributed by atoms with Crippen molar-refractivity contribution >= 4 is 58.4 Å². The summed E-state index contributed by atoms with van der Waals surface area (Å²) in [6.45, 7) is 8.86. The molecule has 0 unspecified atom stereocenters. The topological polar surface area (TPSA) is 6.48 Å². The van der Waals surface area contributed by atoms with Crippen molar-refractivity contribution in [1.82, 2.24) is 0 Å². The van der Waals surface area contributed by atoms with Gasteiger partial charge in [-0.2, -0.15) is 0 Å². The van der Waals surface area contributed by atoms with E-state index in [1.807, 2.05) is 0 Å². The van der Waals surface area contributed by atoms with Gasteiger partial charge in [0.2, 0.25) is 0 Å². The molecule has 0 fully saturated rings. The summed E-state index contributed by atoms with van der Waals surface area (Å²) in [5.41, 5.74) is 17.0. The molecular weight excluding hydrogens is 653 g/mol. The third kappa shape index (κ3) is 8.14. The lowest BCUT2D eigenvalue weighted by Crippen LogP contribution is -2.13. The van der Waals surface area contributed by atoms with Gasteiger partial charge in [0, 0.05) is 22.7 Å². The Hall–Kier alpha value is -6.38. The zero-order valence-electron chi connectivity index (χ0n) is 31.8. The molecule has 54 heavy (non-hydrogen) atoms. The maximum absolute atomic E-state index is 2.38. The third-order valence-electron chi connectivity index (χ3n) is 10.1. The Labute approximate surface area is 322 Å². The fourth-order valence-corrected chi connectivity index (χ4v) is 7.19. The predicted molar refractivity (Wildman–Crippen MR) is 235 cm³/mol. The molecule has 0 N–H and O–H groups in total. The van der Waals surface area contributed by atoms with Gasteiger partial charge in [0.25, 0.3) is 0 Å². The van der Waals surface area contributed by atoms with Crippen LogP contribution >= 0.6 is 0 Å². The Morgan fingerprint density at radius 1 is 0.333 bits per heavy atom. The molecule has 2 nitrogen and oxygen atoms in total. The summed E-state index contributed by atoms with van der Waals surface area (Å²) in [6, 6.07) is 61.0. The number of aryl methyl sites for hydroxylation is 4. The molecule has 0 atom stereocenters. The van der Waals surface area contributed by atoms with Crippen molar-refractivity contribution in [2.75, 3.05) is 9.80 Å². The molecule has 0 aliphatic rings. The first kappa shape index (κ1) is 36.0. The molecule has 7 aromatic rings. The van der Waals surface area contributed by atoms with Crippen LogP contribution in [0.2, 0.25) is 0 Å². The van der Waals surface area contributed by atoms with E-state index >= 15 is 0 Å². The molecule has 0 aromatic heterocycles. The standard InChI is InChI=1S/C52H48N2/c1-5-45-17-13-15-39(3)51(45)53(47-19-9-7-10-20-47)49-35-31-43(32-36-49)29-27-41-23-25-42(26-24-41)28-30-44-33-37-50(38-34-44)54(48-21-11-8-12-22-48)52-40(4)16-14-18-46(52)6-2/h7-38H,5-6H2,1-4H3. The number of rotatable bonds is 12. The first-order chi connectivity index (χ1) is 26.5. The molecule has 0 aliphatic carbocycles. The highest BCUT2D eigenvalue weighted by molar-refractivity contribution is 5.83. The molecular formula is C52H48N2. The number of benzene rings is 7. The smallest absolute Gasteiger partial charge is 0.0522 e. The Morgan fingerprint density at radius 2 is 0.630 bits per heavy atom. The number of nitrogens with zero attached hydrogens (tertiary/aromatic N) is 2. The van der Waals surface area contributed by atoms with Crippen molar-refractivity contribution in [3.05, 3.63) is 214 Å². The SMILES string of the molecule is CCc1cccc(C)c1N(c1ccccc1)c1ccc(C=Cc2ccc(C=Cc3ccc(N(c4ccccc4)c4c(C)cccc4CC)cc3)cc2)cc1.